The lowest BCUT2D eigenvalue weighted by Crippen LogP contribution is -2.12. The molecule has 0 saturated carbocycles. The fraction of sp³-hybridized carbons (Fsp3) is 0.385. The Morgan fingerprint density at radius 2 is 2.12 bits per heavy atom. The normalized spacial score (nSPS) is 19.7. The number of aryl methyl sites for hydroxylation is 1. The van der Waals surface area contributed by atoms with Crippen molar-refractivity contribution >= 4 is 0 Å². The molecule has 4 nitrogen and oxygen atoms in total. The Bertz CT molecular complexity index is 498. The van der Waals surface area contributed by atoms with Crippen molar-refractivity contribution in [2.75, 3.05) is 6.54 Å². The van der Waals surface area contributed by atoms with Crippen molar-refractivity contribution in [1.29, 1.82) is 0 Å². The van der Waals surface area contributed by atoms with Crippen LogP contribution in [0.4, 0.5) is 0 Å². The highest BCUT2D eigenvalue weighted by atomic mass is 16.5. The Kier molecular flexibility index (Phi) is 2.65. The lowest BCUT2D eigenvalue weighted by molar-refractivity contribution is 0.345. The summed E-state index contributed by atoms with van der Waals surface area (Å²) in [5.74, 6) is 1.38. The summed E-state index contributed by atoms with van der Waals surface area (Å²) in [6, 6.07) is 8.39. The van der Waals surface area contributed by atoms with E-state index in [4.69, 9.17) is 4.52 Å². The van der Waals surface area contributed by atoms with Gasteiger partial charge in [0.1, 0.15) is 0 Å². The molecule has 2 aromatic rings. The van der Waals surface area contributed by atoms with E-state index in [0.717, 1.165) is 18.5 Å². The van der Waals surface area contributed by atoms with E-state index in [0.29, 0.717) is 11.7 Å². The minimum atomic E-state index is 0.238. The number of hydrogen-bond acceptors (Lipinski definition) is 4. The van der Waals surface area contributed by atoms with Crippen LogP contribution in [-0.4, -0.2) is 16.7 Å². The van der Waals surface area contributed by atoms with Crippen molar-refractivity contribution in [1.82, 2.24) is 15.5 Å². The number of rotatable bonds is 2. The topological polar surface area (TPSA) is 51.0 Å². The Morgan fingerprint density at radius 1 is 1.29 bits per heavy atom. The van der Waals surface area contributed by atoms with Crippen LogP contribution in [0.3, 0.4) is 0 Å². The van der Waals surface area contributed by atoms with E-state index >= 15 is 0 Å². The molecule has 0 amide bonds. The Balaban J connectivity index is 1.86. The summed E-state index contributed by atoms with van der Waals surface area (Å²) in [5, 5.41) is 7.39. The second-order valence-corrected chi connectivity index (χ2v) is 4.47. The first-order valence-corrected chi connectivity index (χ1v) is 5.97. The lowest BCUT2D eigenvalue weighted by Gasteiger charge is -2.01. The van der Waals surface area contributed by atoms with Crippen molar-refractivity contribution in [2.24, 2.45) is 0 Å². The molecule has 1 atom stereocenters. The van der Waals surface area contributed by atoms with Crippen LogP contribution in [0.5, 0.6) is 0 Å². The van der Waals surface area contributed by atoms with Crippen molar-refractivity contribution in [2.45, 2.75) is 25.8 Å². The summed E-state index contributed by atoms with van der Waals surface area (Å²) in [5.41, 5.74) is 2.23. The van der Waals surface area contributed by atoms with Gasteiger partial charge >= 0.3 is 0 Å². The number of benzene rings is 1. The smallest absolute Gasteiger partial charge is 0.244 e. The van der Waals surface area contributed by atoms with Crippen molar-refractivity contribution < 1.29 is 4.52 Å². The standard InChI is InChI=1S/C13H15N3O/c1-9-4-6-10(7-5-9)12-15-13(17-16-12)11-3-2-8-14-11/h4-7,11,14H,2-3,8H2,1H3/t11-/m0/s1. The molecule has 3 rings (SSSR count). The van der Waals surface area contributed by atoms with Crippen molar-refractivity contribution in [3.63, 3.8) is 0 Å². The summed E-state index contributed by atoms with van der Waals surface area (Å²) < 4.78 is 5.31. The largest absolute Gasteiger partial charge is 0.337 e. The van der Waals surface area contributed by atoms with Crippen LogP contribution in [0.15, 0.2) is 28.8 Å². The van der Waals surface area contributed by atoms with E-state index in [2.05, 4.69) is 34.5 Å². The third-order valence-electron chi connectivity index (χ3n) is 3.11. The molecule has 2 heterocycles. The number of hydrogen-bond donors (Lipinski definition) is 1. The molecule has 88 valence electrons. The molecule has 0 spiro atoms. The first kappa shape index (κ1) is 10.5. The molecular formula is C13H15N3O. The van der Waals surface area contributed by atoms with E-state index < -0.39 is 0 Å². The molecular weight excluding hydrogens is 214 g/mol. The van der Waals surface area contributed by atoms with Crippen LogP contribution >= 0.6 is 0 Å². The van der Waals surface area contributed by atoms with Crippen molar-refractivity contribution in [3.05, 3.63) is 35.7 Å². The molecule has 17 heavy (non-hydrogen) atoms. The predicted molar refractivity (Wildman–Crippen MR) is 64.4 cm³/mol. The van der Waals surface area contributed by atoms with Gasteiger partial charge in [0.05, 0.1) is 6.04 Å². The van der Waals surface area contributed by atoms with Crippen LogP contribution < -0.4 is 5.32 Å². The maximum atomic E-state index is 5.31. The van der Waals surface area contributed by atoms with Crippen molar-refractivity contribution in [3.8, 4) is 11.4 Å². The average molecular weight is 229 g/mol. The molecule has 0 radical (unpaired) electrons. The summed E-state index contributed by atoms with van der Waals surface area (Å²) in [7, 11) is 0. The zero-order chi connectivity index (χ0) is 11.7. The Morgan fingerprint density at radius 3 is 2.82 bits per heavy atom. The van der Waals surface area contributed by atoms with Crippen LogP contribution in [0.2, 0.25) is 0 Å². The predicted octanol–water partition coefficient (Wildman–Crippen LogP) is 2.47. The van der Waals surface area contributed by atoms with Crippen LogP contribution in [0.25, 0.3) is 11.4 Å². The Labute approximate surface area is 100 Å². The summed E-state index contributed by atoms with van der Waals surface area (Å²) in [4.78, 5) is 4.45. The van der Waals surface area contributed by atoms with Gasteiger partial charge in [-0.1, -0.05) is 35.0 Å². The third kappa shape index (κ3) is 2.08. The van der Waals surface area contributed by atoms with Crippen LogP contribution in [0.1, 0.15) is 30.3 Å². The SMILES string of the molecule is Cc1ccc(-c2noc([C@@H]3CCCN3)n2)cc1. The fourth-order valence-electron chi connectivity index (χ4n) is 2.09. The highest BCUT2D eigenvalue weighted by Gasteiger charge is 2.22. The molecule has 1 aliphatic rings. The van der Waals surface area contributed by atoms with E-state index in [1.165, 1.54) is 12.0 Å². The van der Waals surface area contributed by atoms with E-state index in [1.807, 2.05) is 12.1 Å². The first-order chi connectivity index (χ1) is 8.33. The van der Waals surface area contributed by atoms with E-state index in [-0.39, 0.29) is 6.04 Å². The summed E-state index contributed by atoms with van der Waals surface area (Å²) in [6.45, 7) is 3.10. The molecule has 1 aromatic heterocycles. The maximum Gasteiger partial charge on any atom is 0.244 e. The van der Waals surface area contributed by atoms with Gasteiger partial charge in [0.2, 0.25) is 11.7 Å². The van der Waals surface area contributed by atoms with Gasteiger partial charge in [0.25, 0.3) is 0 Å². The minimum Gasteiger partial charge on any atom is -0.337 e. The maximum absolute atomic E-state index is 5.31. The van der Waals surface area contributed by atoms with Gasteiger partial charge in [-0.15, -0.1) is 0 Å². The molecule has 0 bridgehead atoms. The van der Waals surface area contributed by atoms with E-state index in [9.17, 15) is 0 Å². The quantitative estimate of drug-likeness (QED) is 0.859. The molecule has 1 N–H and O–H groups in total. The molecule has 1 aliphatic heterocycles. The average Bonchev–Trinajstić information content (AvgIpc) is 3.00. The second-order valence-electron chi connectivity index (χ2n) is 4.47. The molecule has 4 heteroatoms. The summed E-state index contributed by atoms with van der Waals surface area (Å²) in [6.07, 6.45) is 2.25. The van der Waals surface area contributed by atoms with Gasteiger partial charge in [-0.2, -0.15) is 4.98 Å². The van der Waals surface area contributed by atoms with Gasteiger partial charge in [-0.3, -0.25) is 0 Å². The van der Waals surface area contributed by atoms with Gasteiger partial charge in [-0.25, -0.2) is 0 Å². The lowest BCUT2D eigenvalue weighted by atomic mass is 10.1. The zero-order valence-corrected chi connectivity index (χ0v) is 9.81. The van der Waals surface area contributed by atoms with Gasteiger partial charge in [-0.05, 0) is 26.3 Å². The summed E-state index contributed by atoms with van der Waals surface area (Å²) >= 11 is 0. The molecule has 0 unspecified atom stereocenters. The molecule has 0 aliphatic carbocycles. The zero-order valence-electron chi connectivity index (χ0n) is 9.81. The molecule has 1 saturated heterocycles. The Hall–Kier alpha value is -1.68. The van der Waals surface area contributed by atoms with Crippen LogP contribution in [0, 0.1) is 6.92 Å². The number of nitrogens with one attached hydrogen (secondary N) is 1. The number of nitrogens with zero attached hydrogens (tertiary/aromatic N) is 2. The minimum absolute atomic E-state index is 0.238. The molecule has 1 aromatic carbocycles. The van der Waals surface area contributed by atoms with Gasteiger partial charge in [0.15, 0.2) is 0 Å². The monoisotopic (exact) mass is 229 g/mol. The first-order valence-electron chi connectivity index (χ1n) is 5.97. The second kappa shape index (κ2) is 4.30. The van der Waals surface area contributed by atoms with E-state index in [1.54, 1.807) is 0 Å². The molecule has 1 fully saturated rings. The van der Waals surface area contributed by atoms with Gasteiger partial charge < -0.3 is 9.84 Å². The number of aromatic nitrogens is 2. The van der Waals surface area contributed by atoms with Gasteiger partial charge in [0, 0.05) is 5.56 Å². The highest BCUT2D eigenvalue weighted by molar-refractivity contribution is 5.54. The fourth-order valence-corrected chi connectivity index (χ4v) is 2.09. The third-order valence-corrected chi connectivity index (χ3v) is 3.11. The highest BCUT2D eigenvalue weighted by Crippen LogP contribution is 2.24. The van der Waals surface area contributed by atoms with Crippen LogP contribution in [-0.2, 0) is 0 Å².